The van der Waals surface area contributed by atoms with Crippen molar-refractivity contribution in [3.8, 4) is 0 Å². The molecule has 0 spiro atoms. The lowest BCUT2D eigenvalue weighted by atomic mass is 10.1. The molecular formula is C13H20N2. The third kappa shape index (κ3) is 4.63. The average molecular weight is 204 g/mol. The van der Waals surface area contributed by atoms with Crippen LogP contribution in [0.1, 0.15) is 32.6 Å². The van der Waals surface area contributed by atoms with Crippen LogP contribution in [-0.4, -0.2) is 11.0 Å². The molecule has 0 aliphatic rings. The molecule has 15 heavy (non-hydrogen) atoms. The first-order valence-corrected chi connectivity index (χ1v) is 5.64. The van der Waals surface area contributed by atoms with Gasteiger partial charge in [0.15, 0.2) is 0 Å². The van der Waals surface area contributed by atoms with Crippen molar-refractivity contribution in [2.24, 2.45) is 0 Å². The molecule has 0 fully saturated rings. The zero-order chi connectivity index (χ0) is 10.9. The molecular weight excluding hydrogens is 184 g/mol. The van der Waals surface area contributed by atoms with E-state index in [9.17, 15) is 0 Å². The van der Waals surface area contributed by atoms with Crippen LogP contribution in [0.25, 0.3) is 0 Å². The van der Waals surface area contributed by atoms with Crippen LogP contribution in [0.2, 0.25) is 0 Å². The van der Waals surface area contributed by atoms with Crippen LogP contribution in [0.3, 0.4) is 0 Å². The number of anilines is 1. The number of pyridine rings is 1. The number of allylic oxidation sites excluding steroid dienone is 1. The van der Waals surface area contributed by atoms with E-state index in [0.29, 0.717) is 6.04 Å². The van der Waals surface area contributed by atoms with Crippen LogP contribution in [0.4, 0.5) is 5.69 Å². The summed E-state index contributed by atoms with van der Waals surface area (Å²) < 4.78 is 0. The number of aromatic nitrogens is 1. The molecule has 0 radical (unpaired) electrons. The molecule has 1 atom stereocenters. The van der Waals surface area contributed by atoms with Crippen molar-refractivity contribution in [3.05, 3.63) is 37.2 Å². The summed E-state index contributed by atoms with van der Waals surface area (Å²) in [6.45, 7) is 5.97. The van der Waals surface area contributed by atoms with E-state index >= 15 is 0 Å². The molecule has 1 heterocycles. The first-order chi connectivity index (χ1) is 7.36. The van der Waals surface area contributed by atoms with E-state index in [-0.39, 0.29) is 0 Å². The summed E-state index contributed by atoms with van der Waals surface area (Å²) in [6, 6.07) is 4.56. The second-order valence-corrected chi connectivity index (χ2v) is 3.74. The lowest BCUT2D eigenvalue weighted by Crippen LogP contribution is -2.18. The molecule has 1 rings (SSSR count). The monoisotopic (exact) mass is 204 g/mol. The van der Waals surface area contributed by atoms with Gasteiger partial charge in [0.2, 0.25) is 0 Å². The maximum atomic E-state index is 4.10. The molecule has 0 saturated carbocycles. The highest BCUT2D eigenvalue weighted by atomic mass is 14.9. The minimum atomic E-state index is 0.539. The van der Waals surface area contributed by atoms with Gasteiger partial charge in [0.05, 0.1) is 5.69 Å². The Balaban J connectivity index is 2.46. The van der Waals surface area contributed by atoms with Crippen LogP contribution < -0.4 is 5.32 Å². The quantitative estimate of drug-likeness (QED) is 0.686. The predicted octanol–water partition coefficient (Wildman–Crippen LogP) is 3.63. The average Bonchev–Trinajstić information content (AvgIpc) is 2.28. The normalized spacial score (nSPS) is 12.1. The second kappa shape index (κ2) is 7.04. The Morgan fingerprint density at radius 3 is 3.00 bits per heavy atom. The van der Waals surface area contributed by atoms with E-state index in [4.69, 9.17) is 0 Å². The van der Waals surface area contributed by atoms with Gasteiger partial charge in [-0.25, -0.2) is 0 Å². The van der Waals surface area contributed by atoms with Crippen molar-refractivity contribution in [2.75, 3.05) is 5.32 Å². The van der Waals surface area contributed by atoms with Crippen LogP contribution >= 0.6 is 0 Å². The fourth-order valence-corrected chi connectivity index (χ4v) is 1.64. The Hall–Kier alpha value is -1.31. The minimum absolute atomic E-state index is 0.539. The maximum absolute atomic E-state index is 4.10. The van der Waals surface area contributed by atoms with Crippen molar-refractivity contribution in [3.63, 3.8) is 0 Å². The first-order valence-electron chi connectivity index (χ1n) is 5.64. The molecule has 0 amide bonds. The number of nitrogens with one attached hydrogen (secondary N) is 1. The van der Waals surface area contributed by atoms with Crippen LogP contribution in [0.15, 0.2) is 37.2 Å². The third-order valence-corrected chi connectivity index (χ3v) is 2.39. The molecule has 2 heteroatoms. The largest absolute Gasteiger partial charge is 0.381 e. The highest BCUT2D eigenvalue weighted by molar-refractivity contribution is 5.40. The summed E-state index contributed by atoms with van der Waals surface area (Å²) in [5.74, 6) is 0. The van der Waals surface area contributed by atoms with Gasteiger partial charge in [-0.15, -0.1) is 6.58 Å². The summed E-state index contributed by atoms with van der Waals surface area (Å²) in [4.78, 5) is 4.10. The van der Waals surface area contributed by atoms with E-state index in [2.05, 4.69) is 29.9 Å². The van der Waals surface area contributed by atoms with Gasteiger partial charge in [-0.1, -0.05) is 19.4 Å². The molecule has 0 aliphatic heterocycles. The van der Waals surface area contributed by atoms with E-state index in [1.807, 2.05) is 18.3 Å². The number of rotatable bonds is 7. The van der Waals surface area contributed by atoms with E-state index < -0.39 is 0 Å². The van der Waals surface area contributed by atoms with Gasteiger partial charge in [-0.2, -0.15) is 0 Å². The molecule has 1 N–H and O–H groups in total. The molecule has 0 aliphatic carbocycles. The van der Waals surface area contributed by atoms with Crippen LogP contribution in [-0.2, 0) is 0 Å². The van der Waals surface area contributed by atoms with Gasteiger partial charge in [0.25, 0.3) is 0 Å². The van der Waals surface area contributed by atoms with Crippen LogP contribution in [0, 0.1) is 0 Å². The summed E-state index contributed by atoms with van der Waals surface area (Å²) in [6.07, 6.45) is 10.3. The zero-order valence-corrected chi connectivity index (χ0v) is 9.45. The number of hydrogen-bond acceptors (Lipinski definition) is 2. The highest BCUT2D eigenvalue weighted by Gasteiger charge is 2.05. The van der Waals surface area contributed by atoms with Crippen molar-refractivity contribution >= 4 is 5.69 Å². The van der Waals surface area contributed by atoms with Gasteiger partial charge in [0, 0.05) is 18.4 Å². The fourth-order valence-electron chi connectivity index (χ4n) is 1.64. The van der Waals surface area contributed by atoms with Gasteiger partial charge < -0.3 is 5.32 Å². The maximum Gasteiger partial charge on any atom is 0.0528 e. The lowest BCUT2D eigenvalue weighted by Gasteiger charge is -2.18. The minimum Gasteiger partial charge on any atom is -0.381 e. The van der Waals surface area contributed by atoms with Crippen molar-refractivity contribution in [1.82, 2.24) is 4.98 Å². The molecule has 0 saturated heterocycles. The summed E-state index contributed by atoms with van der Waals surface area (Å²) in [5, 5.41) is 3.50. The Morgan fingerprint density at radius 2 is 2.40 bits per heavy atom. The topological polar surface area (TPSA) is 24.9 Å². The molecule has 1 unspecified atom stereocenters. The van der Waals surface area contributed by atoms with E-state index in [1.165, 1.54) is 12.8 Å². The highest BCUT2D eigenvalue weighted by Crippen LogP contribution is 2.13. The fraction of sp³-hybridized carbons (Fsp3) is 0.462. The second-order valence-electron chi connectivity index (χ2n) is 3.74. The van der Waals surface area contributed by atoms with Gasteiger partial charge >= 0.3 is 0 Å². The Kier molecular flexibility index (Phi) is 5.52. The summed E-state index contributed by atoms with van der Waals surface area (Å²) in [5.41, 5.74) is 1.11. The Bertz CT molecular complexity index is 269. The molecule has 2 nitrogen and oxygen atoms in total. The zero-order valence-electron chi connectivity index (χ0n) is 9.45. The van der Waals surface area contributed by atoms with E-state index in [1.54, 1.807) is 6.20 Å². The first kappa shape index (κ1) is 11.8. The van der Waals surface area contributed by atoms with Crippen molar-refractivity contribution in [1.29, 1.82) is 0 Å². The Labute approximate surface area is 92.4 Å². The van der Waals surface area contributed by atoms with Gasteiger partial charge in [-0.05, 0) is 31.4 Å². The molecule has 82 valence electrons. The van der Waals surface area contributed by atoms with Gasteiger partial charge in [-0.3, -0.25) is 4.98 Å². The van der Waals surface area contributed by atoms with Gasteiger partial charge in [0.1, 0.15) is 0 Å². The summed E-state index contributed by atoms with van der Waals surface area (Å²) in [7, 11) is 0. The van der Waals surface area contributed by atoms with Crippen molar-refractivity contribution in [2.45, 2.75) is 38.6 Å². The third-order valence-electron chi connectivity index (χ3n) is 2.39. The Morgan fingerprint density at radius 1 is 1.53 bits per heavy atom. The lowest BCUT2D eigenvalue weighted by molar-refractivity contribution is 0.600. The SMILES string of the molecule is C=CCCC(CCC)Nc1cccnc1. The summed E-state index contributed by atoms with van der Waals surface area (Å²) >= 11 is 0. The molecule has 0 bridgehead atoms. The number of nitrogens with zero attached hydrogens (tertiary/aromatic N) is 1. The molecule has 1 aromatic rings. The van der Waals surface area contributed by atoms with Crippen molar-refractivity contribution < 1.29 is 0 Å². The standard InChI is InChI=1S/C13H20N2/c1-3-5-8-12(7-4-2)15-13-9-6-10-14-11-13/h3,6,9-12,15H,1,4-5,7-8H2,2H3. The predicted molar refractivity (Wildman–Crippen MR) is 66.0 cm³/mol. The molecule has 1 aromatic heterocycles. The smallest absolute Gasteiger partial charge is 0.0528 e. The van der Waals surface area contributed by atoms with Crippen LogP contribution in [0.5, 0.6) is 0 Å². The number of hydrogen-bond donors (Lipinski definition) is 1. The molecule has 0 aromatic carbocycles. The van der Waals surface area contributed by atoms with E-state index in [0.717, 1.165) is 18.5 Å².